The van der Waals surface area contributed by atoms with Crippen LogP contribution in [0.3, 0.4) is 0 Å². The molecule has 4 rings (SSSR count). The van der Waals surface area contributed by atoms with Gasteiger partial charge in [-0.2, -0.15) is 0 Å². The summed E-state index contributed by atoms with van der Waals surface area (Å²) in [5.41, 5.74) is 0.622. The van der Waals surface area contributed by atoms with Crippen LogP contribution in [0.5, 0.6) is 11.5 Å². The number of hydrogen-bond donors (Lipinski definition) is 1. The van der Waals surface area contributed by atoms with Crippen LogP contribution in [0.25, 0.3) is 0 Å². The maximum Gasteiger partial charge on any atom is 0.292 e. The van der Waals surface area contributed by atoms with Crippen LogP contribution in [-0.2, 0) is 9.59 Å². The molecular weight excluding hydrogens is 316 g/mol. The minimum absolute atomic E-state index is 0.0707. The second-order valence-electron chi connectivity index (χ2n) is 6.60. The number of nitrogens with one attached hydrogen (secondary N) is 1. The van der Waals surface area contributed by atoms with Gasteiger partial charge in [0.15, 0.2) is 6.04 Å². The summed E-state index contributed by atoms with van der Waals surface area (Å²) in [5, 5.41) is 0. The normalized spacial score (nSPS) is 21.1. The molecule has 1 atom stereocenters. The van der Waals surface area contributed by atoms with Crippen LogP contribution < -0.4 is 14.5 Å². The highest BCUT2D eigenvalue weighted by molar-refractivity contribution is 6.21. The lowest BCUT2D eigenvalue weighted by molar-refractivity contribution is -0.902. The first kappa shape index (κ1) is 15.8. The molecule has 0 aliphatic carbocycles. The molecule has 0 unspecified atom stereocenters. The molecule has 0 spiro atoms. The molecule has 128 valence electrons. The van der Waals surface area contributed by atoms with Crippen LogP contribution in [0.15, 0.2) is 54.6 Å². The number of hydrogen-bond acceptors (Lipinski definition) is 3. The highest BCUT2D eigenvalue weighted by Gasteiger charge is 2.46. The first-order valence-corrected chi connectivity index (χ1v) is 8.77. The molecule has 5 heteroatoms. The second-order valence-corrected chi connectivity index (χ2v) is 6.60. The van der Waals surface area contributed by atoms with E-state index in [4.69, 9.17) is 4.74 Å². The number of rotatable bonds is 4. The van der Waals surface area contributed by atoms with Crippen molar-refractivity contribution >= 4 is 17.5 Å². The third kappa shape index (κ3) is 3.15. The largest absolute Gasteiger partial charge is 0.457 e. The summed E-state index contributed by atoms with van der Waals surface area (Å²) >= 11 is 0. The van der Waals surface area contributed by atoms with Crippen molar-refractivity contribution in [2.24, 2.45) is 0 Å². The summed E-state index contributed by atoms with van der Waals surface area (Å²) < 4.78 is 5.76. The fraction of sp³-hybridized carbons (Fsp3) is 0.300. The Bertz CT molecular complexity index is 767. The topological polar surface area (TPSA) is 51.0 Å². The van der Waals surface area contributed by atoms with Crippen LogP contribution >= 0.6 is 0 Å². The number of para-hydroxylation sites is 1. The number of imide groups is 1. The molecule has 1 N–H and O–H groups in total. The number of quaternary nitrogens is 1. The third-order valence-corrected chi connectivity index (χ3v) is 4.96. The van der Waals surface area contributed by atoms with Gasteiger partial charge in [0.25, 0.3) is 5.91 Å². The first-order valence-electron chi connectivity index (χ1n) is 8.77. The van der Waals surface area contributed by atoms with Crippen molar-refractivity contribution < 1.29 is 19.2 Å². The van der Waals surface area contributed by atoms with Gasteiger partial charge < -0.3 is 9.64 Å². The fourth-order valence-corrected chi connectivity index (χ4v) is 3.69. The number of ether oxygens (including phenoxy) is 1. The summed E-state index contributed by atoms with van der Waals surface area (Å²) in [6, 6.07) is 16.4. The van der Waals surface area contributed by atoms with E-state index in [0.29, 0.717) is 17.9 Å². The maximum absolute atomic E-state index is 12.7. The van der Waals surface area contributed by atoms with Gasteiger partial charge in [-0.3, -0.25) is 9.59 Å². The van der Waals surface area contributed by atoms with Gasteiger partial charge in [-0.1, -0.05) is 18.2 Å². The van der Waals surface area contributed by atoms with Crippen molar-refractivity contribution in [3.05, 3.63) is 54.6 Å². The van der Waals surface area contributed by atoms with Gasteiger partial charge in [0, 0.05) is 12.8 Å². The number of amides is 2. The number of carbonyl (C=O) groups excluding carboxylic acids is 2. The van der Waals surface area contributed by atoms with Gasteiger partial charge in [0.2, 0.25) is 5.91 Å². The predicted molar refractivity (Wildman–Crippen MR) is 93.8 cm³/mol. The Morgan fingerprint density at radius 2 is 1.52 bits per heavy atom. The van der Waals surface area contributed by atoms with E-state index in [9.17, 15) is 9.59 Å². The zero-order valence-electron chi connectivity index (χ0n) is 14.0. The minimum atomic E-state index is -0.213. The van der Waals surface area contributed by atoms with Crippen LogP contribution in [0.1, 0.15) is 19.3 Å². The standard InChI is InChI=1S/C20H20N2O3/c23-19-14-18(21-12-4-5-13-21)20(24)22(19)15-8-10-17(11-9-15)25-16-6-2-1-3-7-16/h1-3,6-11,18H,4-5,12-14H2/p+1/t18-/m0/s1. The van der Waals surface area contributed by atoms with Crippen LogP contribution in [0, 0.1) is 0 Å². The number of carbonyl (C=O) groups is 2. The monoisotopic (exact) mass is 337 g/mol. The molecule has 25 heavy (non-hydrogen) atoms. The van der Waals surface area contributed by atoms with E-state index >= 15 is 0 Å². The predicted octanol–water partition coefficient (Wildman–Crippen LogP) is 1.79. The van der Waals surface area contributed by atoms with Crippen molar-refractivity contribution in [2.75, 3.05) is 18.0 Å². The van der Waals surface area contributed by atoms with Crippen molar-refractivity contribution in [1.29, 1.82) is 0 Å². The summed E-state index contributed by atoms with van der Waals surface area (Å²) in [5.74, 6) is 1.25. The number of likely N-dealkylation sites (tertiary alicyclic amines) is 1. The SMILES string of the molecule is O=C1C[C@H]([NH+]2CCCC2)C(=O)N1c1ccc(Oc2ccccc2)cc1. The van der Waals surface area contributed by atoms with Gasteiger partial charge in [0.1, 0.15) is 11.5 Å². The minimum Gasteiger partial charge on any atom is -0.457 e. The fourth-order valence-electron chi connectivity index (χ4n) is 3.69. The van der Waals surface area contributed by atoms with E-state index in [1.165, 1.54) is 9.80 Å². The molecule has 2 amide bonds. The Hall–Kier alpha value is -2.66. The molecule has 2 aliphatic heterocycles. The Labute approximate surface area is 146 Å². The van der Waals surface area contributed by atoms with Gasteiger partial charge in [-0.05, 0) is 36.4 Å². The summed E-state index contributed by atoms with van der Waals surface area (Å²) in [7, 11) is 0. The summed E-state index contributed by atoms with van der Waals surface area (Å²) in [6.45, 7) is 1.97. The highest BCUT2D eigenvalue weighted by atomic mass is 16.5. The van der Waals surface area contributed by atoms with Crippen molar-refractivity contribution in [2.45, 2.75) is 25.3 Å². The van der Waals surface area contributed by atoms with E-state index in [1.54, 1.807) is 24.3 Å². The van der Waals surface area contributed by atoms with E-state index in [2.05, 4.69) is 0 Å². The molecular formula is C20H21N2O3+. The third-order valence-electron chi connectivity index (χ3n) is 4.96. The molecule has 2 fully saturated rings. The van der Waals surface area contributed by atoms with E-state index < -0.39 is 0 Å². The lowest BCUT2D eigenvalue weighted by Crippen LogP contribution is -3.14. The van der Waals surface area contributed by atoms with E-state index in [-0.39, 0.29) is 17.9 Å². The Kier molecular flexibility index (Phi) is 4.24. The van der Waals surface area contributed by atoms with Crippen LogP contribution in [0.2, 0.25) is 0 Å². The summed E-state index contributed by atoms with van der Waals surface area (Å²) in [6.07, 6.45) is 2.59. The molecule has 0 aromatic heterocycles. The molecule has 2 heterocycles. The lowest BCUT2D eigenvalue weighted by atomic mass is 10.2. The van der Waals surface area contributed by atoms with Gasteiger partial charge in [-0.15, -0.1) is 0 Å². The molecule has 2 saturated heterocycles. The van der Waals surface area contributed by atoms with E-state index in [1.807, 2.05) is 30.3 Å². The number of nitrogens with zero attached hydrogens (tertiary/aromatic N) is 1. The zero-order chi connectivity index (χ0) is 17.2. The lowest BCUT2D eigenvalue weighted by Gasteiger charge is -2.19. The average Bonchev–Trinajstić information content (AvgIpc) is 3.25. The van der Waals surface area contributed by atoms with Crippen molar-refractivity contribution in [1.82, 2.24) is 0 Å². The number of benzene rings is 2. The molecule has 5 nitrogen and oxygen atoms in total. The Balaban J connectivity index is 1.49. The van der Waals surface area contributed by atoms with Crippen molar-refractivity contribution in [3.63, 3.8) is 0 Å². The Morgan fingerprint density at radius 3 is 2.20 bits per heavy atom. The van der Waals surface area contributed by atoms with Gasteiger partial charge in [0.05, 0.1) is 25.2 Å². The smallest absolute Gasteiger partial charge is 0.292 e. The van der Waals surface area contributed by atoms with Crippen molar-refractivity contribution in [3.8, 4) is 11.5 Å². The zero-order valence-corrected chi connectivity index (χ0v) is 14.0. The molecule has 0 saturated carbocycles. The quantitative estimate of drug-likeness (QED) is 0.866. The molecule has 0 radical (unpaired) electrons. The average molecular weight is 337 g/mol. The summed E-state index contributed by atoms with van der Waals surface area (Å²) in [4.78, 5) is 27.7. The highest BCUT2D eigenvalue weighted by Crippen LogP contribution is 2.27. The first-order chi connectivity index (χ1) is 12.2. The van der Waals surface area contributed by atoms with Gasteiger partial charge in [-0.25, -0.2) is 4.90 Å². The second kappa shape index (κ2) is 6.69. The molecule has 2 aromatic carbocycles. The molecule has 2 aromatic rings. The van der Waals surface area contributed by atoms with E-state index in [0.717, 1.165) is 31.7 Å². The van der Waals surface area contributed by atoms with Crippen LogP contribution in [-0.4, -0.2) is 30.9 Å². The van der Waals surface area contributed by atoms with Crippen LogP contribution in [0.4, 0.5) is 5.69 Å². The molecule has 0 bridgehead atoms. The number of anilines is 1. The Morgan fingerprint density at radius 1 is 0.880 bits per heavy atom. The van der Waals surface area contributed by atoms with Gasteiger partial charge >= 0.3 is 0 Å². The maximum atomic E-state index is 12.7. The molecule has 2 aliphatic rings.